The van der Waals surface area contributed by atoms with Crippen LogP contribution >= 0.6 is 0 Å². The van der Waals surface area contributed by atoms with Gasteiger partial charge in [0.15, 0.2) is 5.72 Å². The van der Waals surface area contributed by atoms with Crippen LogP contribution in [0.2, 0.25) is 0 Å². The third-order valence-electron chi connectivity index (χ3n) is 2.61. The van der Waals surface area contributed by atoms with Gasteiger partial charge in [-0.05, 0) is 19.9 Å². The lowest BCUT2D eigenvalue weighted by Gasteiger charge is -2.29. The highest BCUT2D eigenvalue weighted by Crippen LogP contribution is 2.35. The predicted octanol–water partition coefficient (Wildman–Crippen LogP) is 2.34. The van der Waals surface area contributed by atoms with Gasteiger partial charge in [-0.25, -0.2) is 4.99 Å². The monoisotopic (exact) mass is 354 g/mol. The Kier molecular flexibility index (Phi) is 3.75. The average molecular weight is 354 g/mol. The minimum absolute atomic E-state index is 0.216. The van der Waals surface area contributed by atoms with E-state index in [0.29, 0.717) is 0 Å². The Morgan fingerprint density at radius 1 is 1.35 bits per heavy atom. The van der Waals surface area contributed by atoms with Gasteiger partial charge in [0.25, 0.3) is 5.69 Å². The molecule has 23 heavy (non-hydrogen) atoms. The number of nitro benzene ring substituents is 1. The lowest BCUT2D eigenvalue weighted by Crippen LogP contribution is -2.36. The molecule has 0 spiro atoms. The number of benzene rings is 1. The molecular weight excluding hydrogens is 345 g/mol. The maximum Gasteiger partial charge on any atom is 0.534 e. The number of rotatable bonds is 2. The van der Waals surface area contributed by atoms with Crippen molar-refractivity contribution in [2.45, 2.75) is 25.1 Å². The van der Waals surface area contributed by atoms with Crippen molar-refractivity contribution in [1.29, 1.82) is 0 Å². The summed E-state index contributed by atoms with van der Waals surface area (Å²) < 4.78 is 68.9. The number of halogens is 3. The third-order valence-corrected chi connectivity index (χ3v) is 3.55. The number of hydrogen-bond acceptors (Lipinski definition) is 7. The summed E-state index contributed by atoms with van der Waals surface area (Å²) in [6, 6.07) is 2.89. The molecule has 0 N–H and O–H groups in total. The van der Waals surface area contributed by atoms with Gasteiger partial charge in [0.1, 0.15) is 5.75 Å². The summed E-state index contributed by atoms with van der Waals surface area (Å²) in [4.78, 5) is 13.6. The van der Waals surface area contributed by atoms with E-state index in [1.165, 1.54) is 13.8 Å². The zero-order valence-corrected chi connectivity index (χ0v) is 12.4. The van der Waals surface area contributed by atoms with E-state index < -0.39 is 32.2 Å². The van der Waals surface area contributed by atoms with Gasteiger partial charge in [0.2, 0.25) is 5.90 Å². The summed E-state index contributed by atoms with van der Waals surface area (Å²) in [5.74, 6) is -1.07. The van der Waals surface area contributed by atoms with E-state index in [0.717, 1.165) is 18.2 Å². The number of aliphatic imine (C=N–C) groups is 1. The molecule has 126 valence electrons. The molecule has 0 atom stereocenters. The zero-order valence-electron chi connectivity index (χ0n) is 11.6. The molecule has 2 rings (SSSR count). The summed E-state index contributed by atoms with van der Waals surface area (Å²) >= 11 is 0. The van der Waals surface area contributed by atoms with Crippen LogP contribution < -0.4 is 4.74 Å². The molecule has 0 saturated heterocycles. The van der Waals surface area contributed by atoms with Crippen LogP contribution in [0.3, 0.4) is 0 Å². The molecule has 12 heteroatoms. The number of nitro groups is 1. The maximum absolute atomic E-state index is 12.4. The SMILES string of the molecule is CC1(C)N=C(OS(=O)(=O)C(F)(F)F)c2ccc([N+](=O)[O-])cc2O1. The van der Waals surface area contributed by atoms with Crippen molar-refractivity contribution in [3.63, 3.8) is 0 Å². The first kappa shape index (κ1) is 17.0. The predicted molar refractivity (Wildman–Crippen MR) is 70.4 cm³/mol. The molecule has 0 aliphatic carbocycles. The van der Waals surface area contributed by atoms with Crippen LogP contribution in [0.1, 0.15) is 19.4 Å². The fourth-order valence-electron chi connectivity index (χ4n) is 1.70. The van der Waals surface area contributed by atoms with Crippen LogP contribution in [-0.4, -0.2) is 30.5 Å². The molecule has 8 nitrogen and oxygen atoms in total. The fraction of sp³-hybridized carbons (Fsp3) is 0.364. The maximum atomic E-state index is 12.4. The molecule has 0 radical (unpaired) electrons. The second-order valence-electron chi connectivity index (χ2n) is 4.89. The minimum atomic E-state index is -5.94. The summed E-state index contributed by atoms with van der Waals surface area (Å²) in [5.41, 5.74) is -7.75. The van der Waals surface area contributed by atoms with Crippen molar-refractivity contribution in [2.24, 2.45) is 4.99 Å². The van der Waals surface area contributed by atoms with Crippen molar-refractivity contribution >= 4 is 21.7 Å². The highest BCUT2D eigenvalue weighted by molar-refractivity contribution is 7.88. The quantitative estimate of drug-likeness (QED) is 0.349. The Labute approximate surface area is 127 Å². The molecule has 1 aromatic carbocycles. The van der Waals surface area contributed by atoms with Gasteiger partial charge >= 0.3 is 15.6 Å². The van der Waals surface area contributed by atoms with E-state index in [4.69, 9.17) is 4.74 Å². The second kappa shape index (κ2) is 5.08. The number of non-ortho nitro benzene ring substituents is 1. The van der Waals surface area contributed by atoms with Crippen LogP contribution in [-0.2, 0) is 14.3 Å². The zero-order chi connectivity index (χ0) is 17.6. The largest absolute Gasteiger partial charge is 0.534 e. The lowest BCUT2D eigenvalue weighted by molar-refractivity contribution is -0.385. The Balaban J connectivity index is 2.53. The van der Waals surface area contributed by atoms with Gasteiger partial charge in [-0.15, -0.1) is 0 Å². The molecule has 0 unspecified atom stereocenters. The Bertz CT molecular complexity index is 800. The van der Waals surface area contributed by atoms with Crippen LogP contribution in [0.4, 0.5) is 18.9 Å². The van der Waals surface area contributed by atoms with Crippen molar-refractivity contribution in [2.75, 3.05) is 0 Å². The summed E-state index contributed by atoms with van der Waals surface area (Å²) in [7, 11) is -5.94. The molecular formula is C11H9F3N2O6S. The molecule has 0 bridgehead atoms. The van der Waals surface area contributed by atoms with E-state index >= 15 is 0 Å². The van der Waals surface area contributed by atoms with Crippen molar-refractivity contribution in [1.82, 2.24) is 0 Å². The Morgan fingerprint density at radius 2 is 1.96 bits per heavy atom. The van der Waals surface area contributed by atoms with Crippen molar-refractivity contribution < 1.29 is 35.4 Å². The Morgan fingerprint density at radius 3 is 2.48 bits per heavy atom. The highest BCUT2D eigenvalue weighted by Gasteiger charge is 2.50. The van der Waals surface area contributed by atoms with Crippen molar-refractivity contribution in [3.8, 4) is 5.75 Å². The standard InChI is InChI=1S/C11H9F3N2O6S/c1-10(2)15-9(22-23(19,20)11(12,13)14)7-4-3-6(16(17)18)5-8(7)21-10/h3-5H,1-2H3. The lowest BCUT2D eigenvalue weighted by atomic mass is 10.1. The smallest absolute Gasteiger partial charge is 0.466 e. The first-order chi connectivity index (χ1) is 10.3. The van der Waals surface area contributed by atoms with Gasteiger partial charge in [-0.2, -0.15) is 21.6 Å². The van der Waals surface area contributed by atoms with Crippen LogP contribution in [0.25, 0.3) is 0 Å². The van der Waals surface area contributed by atoms with Crippen LogP contribution in [0.5, 0.6) is 5.75 Å². The van der Waals surface area contributed by atoms with E-state index in [1.807, 2.05) is 0 Å². The summed E-state index contributed by atoms with van der Waals surface area (Å²) in [6.07, 6.45) is 0. The molecule has 0 aromatic heterocycles. The van der Waals surface area contributed by atoms with Crippen LogP contribution in [0, 0.1) is 10.1 Å². The number of nitrogens with zero attached hydrogens (tertiary/aromatic N) is 2. The molecule has 0 saturated carbocycles. The number of fused-ring (bicyclic) bond motifs is 1. The number of alkyl halides is 3. The van der Waals surface area contributed by atoms with E-state index in [-0.39, 0.29) is 17.0 Å². The first-order valence-electron chi connectivity index (χ1n) is 5.91. The van der Waals surface area contributed by atoms with Gasteiger partial charge < -0.3 is 8.92 Å². The normalized spacial score (nSPS) is 16.8. The van der Waals surface area contributed by atoms with Crippen LogP contribution in [0.15, 0.2) is 23.2 Å². The molecule has 1 aliphatic heterocycles. The first-order valence-corrected chi connectivity index (χ1v) is 7.32. The molecule has 1 aromatic rings. The van der Waals surface area contributed by atoms with Gasteiger partial charge in [-0.1, -0.05) is 0 Å². The number of hydrogen-bond donors (Lipinski definition) is 0. The molecule has 1 heterocycles. The average Bonchev–Trinajstić information content (AvgIpc) is 2.34. The number of ether oxygens (including phenoxy) is 1. The fourth-order valence-corrected chi connectivity index (χ4v) is 2.13. The molecule has 0 fully saturated rings. The Hall–Kier alpha value is -2.37. The van der Waals surface area contributed by atoms with Gasteiger partial charge in [-0.3, -0.25) is 10.1 Å². The second-order valence-corrected chi connectivity index (χ2v) is 6.42. The molecule has 0 amide bonds. The van der Waals surface area contributed by atoms with Gasteiger partial charge in [0.05, 0.1) is 16.6 Å². The van der Waals surface area contributed by atoms with E-state index in [9.17, 15) is 31.7 Å². The van der Waals surface area contributed by atoms with E-state index in [2.05, 4.69) is 9.18 Å². The summed E-state index contributed by atoms with van der Waals surface area (Å²) in [5, 5.41) is 10.7. The molecule has 1 aliphatic rings. The highest BCUT2D eigenvalue weighted by atomic mass is 32.2. The summed E-state index contributed by atoms with van der Waals surface area (Å²) in [6.45, 7) is 2.64. The topological polar surface area (TPSA) is 108 Å². The van der Waals surface area contributed by atoms with Gasteiger partial charge in [0, 0.05) is 6.07 Å². The van der Waals surface area contributed by atoms with Crippen molar-refractivity contribution in [3.05, 3.63) is 33.9 Å². The minimum Gasteiger partial charge on any atom is -0.466 e. The van der Waals surface area contributed by atoms with E-state index in [1.54, 1.807) is 0 Å². The third kappa shape index (κ3) is 3.36.